The summed E-state index contributed by atoms with van der Waals surface area (Å²) in [6, 6.07) is 0.748. The minimum Gasteiger partial charge on any atom is -0.380 e. The van der Waals surface area contributed by atoms with Gasteiger partial charge in [0.15, 0.2) is 0 Å². The Morgan fingerprint density at radius 1 is 1.56 bits per heavy atom. The Kier molecular flexibility index (Phi) is 3.61. The van der Waals surface area contributed by atoms with Crippen molar-refractivity contribution in [3.8, 4) is 0 Å². The first-order chi connectivity index (χ1) is 7.72. The van der Waals surface area contributed by atoms with E-state index in [4.69, 9.17) is 4.74 Å². The van der Waals surface area contributed by atoms with E-state index in [2.05, 4.69) is 21.8 Å². The smallest absolute Gasteiger partial charge is 0.125 e. The zero-order valence-corrected chi connectivity index (χ0v) is 10.3. The predicted molar refractivity (Wildman–Crippen MR) is 63.2 cm³/mol. The first-order valence-electron chi connectivity index (χ1n) is 5.98. The van der Waals surface area contributed by atoms with Crippen molar-refractivity contribution < 1.29 is 4.74 Å². The third kappa shape index (κ3) is 2.28. The molecule has 0 radical (unpaired) electrons. The van der Waals surface area contributed by atoms with Gasteiger partial charge in [-0.3, -0.25) is 0 Å². The van der Waals surface area contributed by atoms with Crippen LogP contribution in [0.25, 0.3) is 0 Å². The molecule has 1 N–H and O–H groups in total. The lowest BCUT2D eigenvalue weighted by Crippen LogP contribution is -2.39. The number of nitrogens with zero attached hydrogens (tertiary/aromatic N) is 2. The molecule has 1 aromatic rings. The van der Waals surface area contributed by atoms with Crippen LogP contribution < -0.4 is 5.32 Å². The second kappa shape index (κ2) is 4.97. The molecular formula is C12H21N3O. The molecule has 0 spiro atoms. The molecule has 4 nitrogen and oxygen atoms in total. The molecule has 0 saturated heterocycles. The molecule has 1 aliphatic carbocycles. The van der Waals surface area contributed by atoms with Crippen LogP contribution in [-0.4, -0.2) is 28.8 Å². The highest BCUT2D eigenvalue weighted by atomic mass is 16.5. The lowest BCUT2D eigenvalue weighted by molar-refractivity contribution is 0.0815. The van der Waals surface area contributed by atoms with Crippen LogP contribution in [-0.2, 0) is 11.8 Å². The van der Waals surface area contributed by atoms with E-state index in [0.29, 0.717) is 12.1 Å². The molecule has 1 aromatic heterocycles. The average molecular weight is 223 g/mol. The van der Waals surface area contributed by atoms with Gasteiger partial charge in [-0.05, 0) is 26.2 Å². The first kappa shape index (κ1) is 11.6. The van der Waals surface area contributed by atoms with E-state index in [1.165, 1.54) is 19.3 Å². The molecule has 0 amide bonds. The first-order valence-corrected chi connectivity index (χ1v) is 5.98. The monoisotopic (exact) mass is 223 g/mol. The van der Waals surface area contributed by atoms with E-state index >= 15 is 0 Å². The Morgan fingerprint density at radius 3 is 3.00 bits per heavy atom. The average Bonchev–Trinajstić information content (AvgIpc) is 2.86. The maximum absolute atomic E-state index is 5.48. The Balaban J connectivity index is 1.97. The second-order valence-electron chi connectivity index (χ2n) is 4.60. The van der Waals surface area contributed by atoms with Gasteiger partial charge in [0.1, 0.15) is 5.82 Å². The number of methoxy groups -OCH3 is 1. The van der Waals surface area contributed by atoms with Crippen LogP contribution in [0.5, 0.6) is 0 Å². The number of hydrogen-bond acceptors (Lipinski definition) is 3. The SMILES string of the molecule is COC1CCCC1NC(C)c1nccn1C. The van der Waals surface area contributed by atoms with Gasteiger partial charge in [-0.25, -0.2) is 4.98 Å². The molecule has 3 atom stereocenters. The van der Waals surface area contributed by atoms with Gasteiger partial charge >= 0.3 is 0 Å². The van der Waals surface area contributed by atoms with Gasteiger partial charge in [0.2, 0.25) is 0 Å². The van der Waals surface area contributed by atoms with Crippen molar-refractivity contribution in [1.82, 2.24) is 14.9 Å². The van der Waals surface area contributed by atoms with E-state index in [9.17, 15) is 0 Å². The summed E-state index contributed by atoms with van der Waals surface area (Å²) < 4.78 is 7.55. The highest BCUT2D eigenvalue weighted by molar-refractivity contribution is 4.99. The highest BCUT2D eigenvalue weighted by Crippen LogP contribution is 2.24. The number of hydrogen-bond donors (Lipinski definition) is 1. The number of nitrogens with one attached hydrogen (secondary N) is 1. The van der Waals surface area contributed by atoms with E-state index in [1.807, 2.05) is 19.4 Å². The summed E-state index contributed by atoms with van der Waals surface area (Å²) in [6.07, 6.45) is 7.81. The Bertz CT molecular complexity index is 337. The third-order valence-corrected chi connectivity index (χ3v) is 3.47. The standard InChI is InChI=1S/C12H21N3O/c1-9(12-13-7-8-15(12)2)14-10-5-4-6-11(10)16-3/h7-11,14H,4-6H2,1-3H3. The van der Waals surface area contributed by atoms with Crippen molar-refractivity contribution in [2.45, 2.75) is 44.4 Å². The van der Waals surface area contributed by atoms with Crippen LogP contribution in [0, 0.1) is 0 Å². The van der Waals surface area contributed by atoms with Crippen LogP contribution in [0.2, 0.25) is 0 Å². The van der Waals surface area contributed by atoms with Crippen molar-refractivity contribution in [3.05, 3.63) is 18.2 Å². The van der Waals surface area contributed by atoms with Gasteiger partial charge in [0.25, 0.3) is 0 Å². The minimum absolute atomic E-state index is 0.278. The maximum atomic E-state index is 5.48. The number of imidazole rings is 1. The molecule has 1 aliphatic rings. The van der Waals surface area contributed by atoms with E-state index in [1.54, 1.807) is 7.11 Å². The number of ether oxygens (including phenoxy) is 1. The van der Waals surface area contributed by atoms with Crippen molar-refractivity contribution in [1.29, 1.82) is 0 Å². The summed E-state index contributed by atoms with van der Waals surface area (Å²) in [4.78, 5) is 4.37. The molecule has 0 bridgehead atoms. The van der Waals surface area contributed by atoms with Crippen molar-refractivity contribution in [3.63, 3.8) is 0 Å². The second-order valence-corrected chi connectivity index (χ2v) is 4.60. The molecule has 0 aliphatic heterocycles. The Morgan fingerprint density at radius 2 is 2.38 bits per heavy atom. The largest absolute Gasteiger partial charge is 0.380 e. The zero-order chi connectivity index (χ0) is 11.5. The minimum atomic E-state index is 0.278. The maximum Gasteiger partial charge on any atom is 0.125 e. The summed E-state index contributed by atoms with van der Waals surface area (Å²) >= 11 is 0. The van der Waals surface area contributed by atoms with Crippen molar-refractivity contribution in [2.75, 3.05) is 7.11 Å². The molecule has 2 rings (SSSR count). The molecule has 1 heterocycles. The number of aryl methyl sites for hydroxylation is 1. The Hall–Kier alpha value is -0.870. The van der Waals surface area contributed by atoms with Gasteiger partial charge in [-0.2, -0.15) is 0 Å². The lowest BCUT2D eigenvalue weighted by atomic mass is 10.2. The summed E-state index contributed by atoms with van der Waals surface area (Å²) in [5.74, 6) is 1.08. The van der Waals surface area contributed by atoms with E-state index in [0.717, 1.165) is 5.82 Å². The molecule has 16 heavy (non-hydrogen) atoms. The molecule has 4 heteroatoms. The molecule has 1 saturated carbocycles. The van der Waals surface area contributed by atoms with Gasteiger partial charge in [-0.1, -0.05) is 0 Å². The van der Waals surface area contributed by atoms with Gasteiger partial charge < -0.3 is 14.6 Å². The lowest BCUT2D eigenvalue weighted by Gasteiger charge is -2.23. The summed E-state index contributed by atoms with van der Waals surface area (Å²) in [6.45, 7) is 2.16. The van der Waals surface area contributed by atoms with Gasteiger partial charge in [0.05, 0.1) is 12.1 Å². The molecule has 90 valence electrons. The predicted octanol–water partition coefficient (Wildman–Crippen LogP) is 1.64. The van der Waals surface area contributed by atoms with E-state index in [-0.39, 0.29) is 6.04 Å². The molecule has 1 fully saturated rings. The topological polar surface area (TPSA) is 39.1 Å². The van der Waals surface area contributed by atoms with Gasteiger partial charge in [0, 0.05) is 32.6 Å². The van der Waals surface area contributed by atoms with Crippen molar-refractivity contribution >= 4 is 0 Å². The van der Waals surface area contributed by atoms with Crippen LogP contribution in [0.4, 0.5) is 0 Å². The van der Waals surface area contributed by atoms with Crippen LogP contribution in [0.15, 0.2) is 12.4 Å². The van der Waals surface area contributed by atoms with Crippen LogP contribution in [0.3, 0.4) is 0 Å². The number of rotatable bonds is 4. The Labute approximate surface area is 97.0 Å². The van der Waals surface area contributed by atoms with Crippen LogP contribution in [0.1, 0.15) is 38.1 Å². The normalized spacial score (nSPS) is 27.2. The molecular weight excluding hydrogens is 202 g/mol. The molecule has 0 aromatic carbocycles. The fraction of sp³-hybridized carbons (Fsp3) is 0.750. The van der Waals surface area contributed by atoms with E-state index < -0.39 is 0 Å². The fourth-order valence-electron chi connectivity index (χ4n) is 2.59. The van der Waals surface area contributed by atoms with Gasteiger partial charge in [-0.15, -0.1) is 0 Å². The van der Waals surface area contributed by atoms with Crippen LogP contribution >= 0.6 is 0 Å². The zero-order valence-electron chi connectivity index (χ0n) is 10.3. The van der Waals surface area contributed by atoms with Crippen molar-refractivity contribution in [2.24, 2.45) is 7.05 Å². The summed E-state index contributed by atoms with van der Waals surface area (Å²) in [5.41, 5.74) is 0. The highest BCUT2D eigenvalue weighted by Gasteiger charge is 2.28. The summed E-state index contributed by atoms with van der Waals surface area (Å²) in [5, 5.41) is 3.61. The quantitative estimate of drug-likeness (QED) is 0.843. The third-order valence-electron chi connectivity index (χ3n) is 3.47. The number of aromatic nitrogens is 2. The fourth-order valence-corrected chi connectivity index (χ4v) is 2.59. The summed E-state index contributed by atoms with van der Waals surface area (Å²) in [7, 11) is 3.83. The molecule has 3 unspecified atom stereocenters.